The molecular formula is C9H7BrCl2N2O2. The number of halogens is 3. The Morgan fingerprint density at radius 2 is 2.06 bits per heavy atom. The lowest BCUT2D eigenvalue weighted by Gasteiger charge is -2.06. The van der Waals surface area contributed by atoms with E-state index in [1.54, 1.807) is 18.2 Å². The zero-order valence-corrected chi connectivity index (χ0v) is 11.0. The van der Waals surface area contributed by atoms with E-state index in [4.69, 9.17) is 23.2 Å². The maximum absolute atomic E-state index is 11.2. The highest BCUT2D eigenvalue weighted by Crippen LogP contribution is 2.25. The van der Waals surface area contributed by atoms with Gasteiger partial charge in [-0.25, -0.2) is 4.79 Å². The van der Waals surface area contributed by atoms with Gasteiger partial charge in [-0.05, 0) is 34.1 Å². The first kappa shape index (κ1) is 13.3. The number of anilines is 1. The molecule has 1 aromatic carbocycles. The summed E-state index contributed by atoms with van der Waals surface area (Å²) >= 11 is 14.3. The predicted molar refractivity (Wildman–Crippen MR) is 67.0 cm³/mol. The maximum Gasteiger partial charge on any atom is 0.325 e. The summed E-state index contributed by atoms with van der Waals surface area (Å²) in [5, 5.41) is 4.94. The summed E-state index contributed by atoms with van der Waals surface area (Å²) in [6.07, 6.45) is 0. The summed E-state index contributed by atoms with van der Waals surface area (Å²) in [6, 6.07) is 4.22. The van der Waals surface area contributed by atoms with Crippen LogP contribution in [-0.2, 0) is 4.79 Å². The van der Waals surface area contributed by atoms with E-state index in [9.17, 15) is 9.59 Å². The van der Waals surface area contributed by atoms with Gasteiger partial charge in [0.25, 0.3) is 0 Å². The minimum absolute atomic E-state index is 0.269. The summed E-state index contributed by atoms with van der Waals surface area (Å²) < 4.78 is 0.719. The summed E-state index contributed by atoms with van der Waals surface area (Å²) in [4.78, 5) is 22.0. The Morgan fingerprint density at radius 3 is 2.62 bits per heavy atom. The molecule has 2 N–H and O–H groups in total. The Morgan fingerprint density at radius 1 is 1.38 bits per heavy atom. The number of carbonyl (C=O) groups is 2. The number of urea groups is 1. The number of nitrogens with one attached hydrogen (secondary N) is 2. The number of alkyl halides is 1. The Balaban J connectivity index is 2.63. The second kappa shape index (κ2) is 6.08. The van der Waals surface area contributed by atoms with Crippen LogP contribution in [0.1, 0.15) is 0 Å². The fourth-order valence-corrected chi connectivity index (χ4v) is 1.39. The van der Waals surface area contributed by atoms with Gasteiger partial charge in [0.15, 0.2) is 0 Å². The molecule has 0 spiro atoms. The lowest BCUT2D eigenvalue weighted by molar-refractivity contribution is -0.117. The molecule has 86 valence electrons. The van der Waals surface area contributed by atoms with Crippen LogP contribution in [0.2, 0.25) is 5.02 Å². The van der Waals surface area contributed by atoms with E-state index in [1.807, 2.05) is 5.32 Å². The minimum atomic E-state index is -0.649. The van der Waals surface area contributed by atoms with Crippen LogP contribution in [0.25, 0.3) is 0 Å². The van der Waals surface area contributed by atoms with Gasteiger partial charge >= 0.3 is 6.03 Å². The summed E-state index contributed by atoms with van der Waals surface area (Å²) in [6.45, 7) is 0. The van der Waals surface area contributed by atoms with Gasteiger partial charge in [-0.15, -0.1) is 11.6 Å². The molecular weight excluding hydrogens is 319 g/mol. The molecule has 0 aliphatic rings. The van der Waals surface area contributed by atoms with Crippen molar-refractivity contribution in [2.24, 2.45) is 0 Å². The molecule has 0 atom stereocenters. The molecule has 0 bridgehead atoms. The monoisotopic (exact) mass is 324 g/mol. The van der Waals surface area contributed by atoms with Crippen molar-refractivity contribution in [1.82, 2.24) is 5.32 Å². The van der Waals surface area contributed by atoms with Crippen molar-refractivity contribution in [3.05, 3.63) is 27.7 Å². The van der Waals surface area contributed by atoms with E-state index in [0.29, 0.717) is 10.7 Å². The Bertz CT molecular complexity index is 426. The zero-order valence-electron chi connectivity index (χ0n) is 7.89. The van der Waals surface area contributed by atoms with Gasteiger partial charge in [-0.1, -0.05) is 11.6 Å². The van der Waals surface area contributed by atoms with Gasteiger partial charge in [0, 0.05) is 10.2 Å². The molecule has 16 heavy (non-hydrogen) atoms. The summed E-state index contributed by atoms with van der Waals surface area (Å²) in [7, 11) is 0. The number of rotatable bonds is 2. The molecule has 0 aliphatic heterocycles. The van der Waals surface area contributed by atoms with Crippen LogP contribution in [0.5, 0.6) is 0 Å². The van der Waals surface area contributed by atoms with E-state index >= 15 is 0 Å². The van der Waals surface area contributed by atoms with Crippen LogP contribution < -0.4 is 10.6 Å². The van der Waals surface area contributed by atoms with E-state index in [1.165, 1.54) is 0 Å². The van der Waals surface area contributed by atoms with Crippen molar-refractivity contribution in [2.75, 3.05) is 11.2 Å². The molecule has 0 aliphatic carbocycles. The average molecular weight is 326 g/mol. The Hall–Kier alpha value is -0.780. The topological polar surface area (TPSA) is 58.2 Å². The molecule has 0 heterocycles. The third kappa shape index (κ3) is 4.00. The lowest BCUT2D eigenvalue weighted by atomic mass is 10.3. The Labute approximate surface area is 110 Å². The van der Waals surface area contributed by atoms with Crippen LogP contribution in [-0.4, -0.2) is 17.8 Å². The molecule has 0 aromatic heterocycles. The van der Waals surface area contributed by atoms with Crippen molar-refractivity contribution in [3.8, 4) is 0 Å². The second-order valence-electron chi connectivity index (χ2n) is 2.76. The smallest absolute Gasteiger partial charge is 0.308 e. The fourth-order valence-electron chi connectivity index (χ4n) is 0.896. The number of carbonyl (C=O) groups excluding carboxylic acids is 2. The molecule has 0 saturated heterocycles. The lowest BCUT2D eigenvalue weighted by Crippen LogP contribution is -2.35. The third-order valence-electron chi connectivity index (χ3n) is 1.55. The average Bonchev–Trinajstić information content (AvgIpc) is 2.23. The normalized spacial score (nSPS) is 9.69. The highest BCUT2D eigenvalue weighted by Gasteiger charge is 2.07. The van der Waals surface area contributed by atoms with Crippen LogP contribution in [0.3, 0.4) is 0 Å². The first-order valence-electron chi connectivity index (χ1n) is 4.15. The number of imide groups is 1. The van der Waals surface area contributed by atoms with Gasteiger partial charge < -0.3 is 5.32 Å². The molecule has 0 unspecified atom stereocenters. The molecule has 3 amide bonds. The van der Waals surface area contributed by atoms with E-state index < -0.39 is 11.9 Å². The zero-order chi connectivity index (χ0) is 12.1. The molecule has 4 nitrogen and oxygen atoms in total. The van der Waals surface area contributed by atoms with Gasteiger partial charge in [0.2, 0.25) is 5.91 Å². The van der Waals surface area contributed by atoms with E-state index in [2.05, 4.69) is 21.2 Å². The van der Waals surface area contributed by atoms with Gasteiger partial charge in [0.05, 0.1) is 5.02 Å². The SMILES string of the molecule is O=C(CCl)NC(=O)Nc1ccc(Br)c(Cl)c1. The number of amides is 3. The molecule has 0 radical (unpaired) electrons. The molecule has 7 heteroatoms. The largest absolute Gasteiger partial charge is 0.325 e. The number of benzene rings is 1. The predicted octanol–water partition coefficient (Wildman–Crippen LogP) is 2.99. The molecule has 1 aromatic rings. The molecule has 0 saturated carbocycles. The number of hydrogen-bond acceptors (Lipinski definition) is 2. The second-order valence-corrected chi connectivity index (χ2v) is 4.29. The van der Waals surface area contributed by atoms with Crippen molar-refractivity contribution < 1.29 is 9.59 Å². The van der Waals surface area contributed by atoms with Crippen molar-refractivity contribution >= 4 is 56.8 Å². The van der Waals surface area contributed by atoms with Gasteiger partial charge in [0.1, 0.15) is 5.88 Å². The van der Waals surface area contributed by atoms with Crippen LogP contribution in [0.4, 0.5) is 10.5 Å². The van der Waals surface area contributed by atoms with Crippen molar-refractivity contribution in [2.45, 2.75) is 0 Å². The first-order valence-corrected chi connectivity index (χ1v) is 5.85. The van der Waals surface area contributed by atoms with Gasteiger partial charge in [-0.2, -0.15) is 0 Å². The highest BCUT2D eigenvalue weighted by atomic mass is 79.9. The van der Waals surface area contributed by atoms with E-state index in [-0.39, 0.29) is 5.88 Å². The van der Waals surface area contributed by atoms with Crippen LogP contribution in [0, 0.1) is 0 Å². The molecule has 1 rings (SSSR count). The van der Waals surface area contributed by atoms with Crippen molar-refractivity contribution in [3.63, 3.8) is 0 Å². The van der Waals surface area contributed by atoms with Crippen LogP contribution in [0.15, 0.2) is 22.7 Å². The fraction of sp³-hybridized carbons (Fsp3) is 0.111. The van der Waals surface area contributed by atoms with Crippen molar-refractivity contribution in [1.29, 1.82) is 0 Å². The highest BCUT2D eigenvalue weighted by molar-refractivity contribution is 9.10. The molecule has 0 fully saturated rings. The quantitative estimate of drug-likeness (QED) is 0.821. The summed E-state index contributed by atoms with van der Waals surface area (Å²) in [5.74, 6) is -0.837. The first-order chi connectivity index (χ1) is 7.52. The van der Waals surface area contributed by atoms with Gasteiger partial charge in [-0.3, -0.25) is 10.1 Å². The summed E-state index contributed by atoms with van der Waals surface area (Å²) in [5.41, 5.74) is 0.480. The number of hydrogen-bond donors (Lipinski definition) is 2. The minimum Gasteiger partial charge on any atom is -0.308 e. The van der Waals surface area contributed by atoms with Crippen LogP contribution >= 0.6 is 39.1 Å². The Kier molecular flexibility index (Phi) is 5.05. The third-order valence-corrected chi connectivity index (χ3v) is 3.03. The maximum atomic E-state index is 11.2. The van der Waals surface area contributed by atoms with E-state index in [0.717, 1.165) is 4.47 Å². The standard InChI is InChI=1S/C9H7BrCl2N2O2/c10-6-2-1-5(3-7(6)12)13-9(16)14-8(15)4-11/h1-3H,4H2,(H2,13,14,15,16).